The van der Waals surface area contributed by atoms with E-state index in [2.05, 4.69) is 10.6 Å². The SMILES string of the molecule is CC(O)C1C(=O)N2C(C(=O)OP)=C(SC3CNC(C(=O)Nc4cccc(C(=O)O)c4)C3)C(C)C12. The molecule has 0 aliphatic carbocycles. The Morgan fingerprint density at radius 2 is 2.09 bits per heavy atom. The van der Waals surface area contributed by atoms with Crippen LogP contribution in [0.25, 0.3) is 0 Å². The third kappa shape index (κ3) is 4.33. The lowest BCUT2D eigenvalue weighted by Gasteiger charge is -2.46. The lowest BCUT2D eigenvalue weighted by atomic mass is 9.79. The van der Waals surface area contributed by atoms with Crippen molar-refractivity contribution in [2.75, 3.05) is 11.9 Å². The molecule has 3 aliphatic heterocycles. The second-order valence-corrected chi connectivity index (χ2v) is 10.3. The summed E-state index contributed by atoms with van der Waals surface area (Å²) in [6.07, 6.45) is -0.345. The Morgan fingerprint density at radius 1 is 1.35 bits per heavy atom. The van der Waals surface area contributed by atoms with E-state index in [0.717, 1.165) is 4.91 Å². The molecular formula is C22H26N3O7PS. The molecule has 2 saturated heterocycles. The highest BCUT2D eigenvalue weighted by Gasteiger charge is 2.60. The smallest absolute Gasteiger partial charge is 0.358 e. The van der Waals surface area contributed by atoms with Crippen molar-refractivity contribution < 1.29 is 33.9 Å². The first-order valence-corrected chi connectivity index (χ1v) is 12.2. The number of carboxylic acids is 1. The Balaban J connectivity index is 1.45. The number of nitrogens with one attached hydrogen (secondary N) is 2. The first kappa shape index (κ1) is 24.7. The number of carbonyl (C=O) groups is 4. The second kappa shape index (κ2) is 9.65. The molecule has 4 N–H and O–H groups in total. The van der Waals surface area contributed by atoms with E-state index in [1.165, 1.54) is 28.8 Å². The maximum atomic E-state index is 12.7. The minimum absolute atomic E-state index is 0.0373. The molecule has 7 atom stereocenters. The van der Waals surface area contributed by atoms with Crippen LogP contribution in [0.15, 0.2) is 34.9 Å². The van der Waals surface area contributed by atoms with Gasteiger partial charge in [-0.1, -0.05) is 13.0 Å². The van der Waals surface area contributed by atoms with E-state index in [9.17, 15) is 24.3 Å². The number of rotatable bonds is 7. The number of amides is 2. The van der Waals surface area contributed by atoms with Gasteiger partial charge in [-0.2, -0.15) is 0 Å². The van der Waals surface area contributed by atoms with Crippen LogP contribution in [0.5, 0.6) is 0 Å². The second-order valence-electron chi connectivity index (χ2n) is 8.68. The van der Waals surface area contributed by atoms with Gasteiger partial charge in [0.1, 0.15) is 5.70 Å². The number of β-lactam (4-membered cyclic amide) rings is 1. The summed E-state index contributed by atoms with van der Waals surface area (Å²) in [4.78, 5) is 51.2. The van der Waals surface area contributed by atoms with Crippen molar-refractivity contribution in [3.8, 4) is 0 Å². The van der Waals surface area contributed by atoms with Gasteiger partial charge in [0.25, 0.3) is 0 Å². The van der Waals surface area contributed by atoms with Gasteiger partial charge in [0, 0.05) is 28.3 Å². The van der Waals surface area contributed by atoms with Crippen LogP contribution in [0, 0.1) is 11.8 Å². The number of carboxylic acid groups (broad SMARTS) is 1. The summed E-state index contributed by atoms with van der Waals surface area (Å²) >= 11 is 1.45. The average molecular weight is 508 g/mol. The molecule has 10 nitrogen and oxygen atoms in total. The summed E-state index contributed by atoms with van der Waals surface area (Å²) in [5.74, 6) is -3.01. The molecule has 0 saturated carbocycles. The molecule has 0 radical (unpaired) electrons. The first-order chi connectivity index (χ1) is 16.1. The van der Waals surface area contributed by atoms with Crippen LogP contribution >= 0.6 is 21.2 Å². The number of hydrogen-bond donors (Lipinski definition) is 4. The van der Waals surface area contributed by atoms with Crippen molar-refractivity contribution in [2.24, 2.45) is 11.8 Å². The average Bonchev–Trinajstić information content (AvgIpc) is 3.35. The number of anilines is 1. The van der Waals surface area contributed by atoms with Crippen molar-refractivity contribution in [2.45, 2.75) is 43.7 Å². The Hall–Kier alpha value is -2.46. The Bertz CT molecular complexity index is 1080. The van der Waals surface area contributed by atoms with Crippen molar-refractivity contribution in [1.82, 2.24) is 10.2 Å². The molecule has 4 rings (SSSR count). The molecule has 0 bridgehead atoms. The van der Waals surface area contributed by atoms with Crippen LogP contribution in [0.1, 0.15) is 30.6 Å². The summed E-state index contributed by atoms with van der Waals surface area (Å²) in [5, 5.41) is 25.0. The molecule has 1 aromatic rings. The van der Waals surface area contributed by atoms with Gasteiger partial charge < -0.3 is 30.3 Å². The fourth-order valence-electron chi connectivity index (χ4n) is 4.86. The zero-order chi connectivity index (χ0) is 24.7. The fourth-order valence-corrected chi connectivity index (χ4v) is 6.44. The zero-order valence-corrected chi connectivity index (χ0v) is 20.5. The first-order valence-electron chi connectivity index (χ1n) is 10.8. The minimum Gasteiger partial charge on any atom is -0.478 e. The highest BCUT2D eigenvalue weighted by atomic mass is 32.2. The third-order valence-electron chi connectivity index (χ3n) is 6.49. The normalized spacial score (nSPS) is 28.9. The van der Waals surface area contributed by atoms with Gasteiger partial charge in [0.05, 0.1) is 39.1 Å². The lowest BCUT2D eigenvalue weighted by Crippen LogP contribution is -2.63. The van der Waals surface area contributed by atoms with Crippen molar-refractivity contribution in [3.63, 3.8) is 0 Å². The standard InChI is InChI=1S/C22H26N3O7PS/c1-9-16-15(10(2)26)20(28)25(16)17(22(31)32-33)18(9)34-13-7-14(23-8-13)19(27)24-12-5-3-4-11(6-12)21(29)30/h3-6,9-10,13-16,23,26H,7-8,33H2,1-2H3,(H,24,27)(H,29,30). The van der Waals surface area contributed by atoms with E-state index < -0.39 is 30.0 Å². The highest BCUT2D eigenvalue weighted by Crippen LogP contribution is 2.52. The molecule has 2 fully saturated rings. The predicted octanol–water partition coefficient (Wildman–Crippen LogP) is 1.19. The maximum absolute atomic E-state index is 12.7. The molecule has 12 heteroatoms. The van der Waals surface area contributed by atoms with Gasteiger partial charge in [-0.25, -0.2) is 9.59 Å². The molecule has 0 spiro atoms. The number of thioether (sulfide) groups is 1. The number of fused-ring (bicyclic) bond motifs is 1. The number of hydrogen-bond acceptors (Lipinski definition) is 8. The Morgan fingerprint density at radius 3 is 2.74 bits per heavy atom. The highest BCUT2D eigenvalue weighted by molar-refractivity contribution is 8.03. The summed E-state index contributed by atoms with van der Waals surface area (Å²) < 4.78 is 4.85. The number of nitrogens with zero attached hydrogens (tertiary/aromatic N) is 1. The van der Waals surface area contributed by atoms with Crippen molar-refractivity contribution >= 4 is 50.7 Å². The topological polar surface area (TPSA) is 145 Å². The summed E-state index contributed by atoms with van der Waals surface area (Å²) in [6, 6.07) is 5.23. The van der Waals surface area contributed by atoms with Gasteiger partial charge in [0.15, 0.2) is 0 Å². The molecule has 182 valence electrons. The van der Waals surface area contributed by atoms with E-state index in [1.807, 2.05) is 16.4 Å². The molecular weight excluding hydrogens is 481 g/mol. The largest absolute Gasteiger partial charge is 0.478 e. The summed E-state index contributed by atoms with van der Waals surface area (Å²) in [6.45, 7) is 4.00. The maximum Gasteiger partial charge on any atom is 0.358 e. The Labute approximate surface area is 202 Å². The summed E-state index contributed by atoms with van der Waals surface area (Å²) in [7, 11) is 1.91. The predicted molar refractivity (Wildman–Crippen MR) is 128 cm³/mol. The van der Waals surface area contributed by atoms with E-state index in [0.29, 0.717) is 18.7 Å². The number of aliphatic hydroxyl groups is 1. The number of aromatic carboxylic acids is 1. The van der Waals surface area contributed by atoms with Gasteiger partial charge in [-0.15, -0.1) is 11.8 Å². The van der Waals surface area contributed by atoms with Crippen LogP contribution < -0.4 is 10.6 Å². The molecule has 0 aromatic heterocycles. The van der Waals surface area contributed by atoms with Crippen molar-refractivity contribution in [3.05, 3.63) is 40.4 Å². The van der Waals surface area contributed by atoms with E-state index >= 15 is 0 Å². The Kier molecular flexibility index (Phi) is 7.00. The number of benzene rings is 1. The molecule has 3 aliphatic rings. The molecule has 1 aromatic carbocycles. The van der Waals surface area contributed by atoms with Crippen molar-refractivity contribution in [1.29, 1.82) is 0 Å². The van der Waals surface area contributed by atoms with E-state index in [4.69, 9.17) is 9.63 Å². The van der Waals surface area contributed by atoms with Gasteiger partial charge in [-0.3, -0.25) is 9.59 Å². The molecule has 2 amide bonds. The summed E-state index contributed by atoms with van der Waals surface area (Å²) in [5.41, 5.74) is 0.682. The zero-order valence-electron chi connectivity index (χ0n) is 18.6. The lowest BCUT2D eigenvalue weighted by molar-refractivity contribution is -0.162. The van der Waals surface area contributed by atoms with Crippen LogP contribution in [0.2, 0.25) is 0 Å². The monoisotopic (exact) mass is 507 g/mol. The van der Waals surface area contributed by atoms with Crippen LogP contribution in [-0.2, 0) is 18.9 Å². The quantitative estimate of drug-likeness (QED) is 0.316. The molecule has 34 heavy (non-hydrogen) atoms. The van der Waals surface area contributed by atoms with Gasteiger partial charge >= 0.3 is 11.9 Å². The minimum atomic E-state index is -1.08. The van der Waals surface area contributed by atoms with E-state index in [1.54, 1.807) is 19.1 Å². The van der Waals surface area contributed by atoms with Gasteiger partial charge in [-0.05, 0) is 31.5 Å². The van der Waals surface area contributed by atoms with Crippen LogP contribution in [-0.4, -0.2) is 68.8 Å². The third-order valence-corrected chi connectivity index (χ3v) is 8.21. The fraction of sp³-hybridized carbons (Fsp3) is 0.455. The number of carbonyl (C=O) groups excluding carboxylic acids is 3. The van der Waals surface area contributed by atoms with Gasteiger partial charge in [0.2, 0.25) is 11.8 Å². The van der Waals surface area contributed by atoms with E-state index in [-0.39, 0.29) is 40.3 Å². The number of aliphatic hydroxyl groups excluding tert-OH is 1. The molecule has 7 unspecified atom stereocenters. The van der Waals surface area contributed by atoms with Crippen LogP contribution in [0.3, 0.4) is 0 Å². The molecule has 3 heterocycles. The van der Waals surface area contributed by atoms with Crippen LogP contribution in [0.4, 0.5) is 5.69 Å².